The normalized spacial score (nSPS) is 25.8. The van der Waals surface area contributed by atoms with Gasteiger partial charge in [-0.15, -0.1) is 0 Å². The van der Waals surface area contributed by atoms with Gasteiger partial charge in [-0.25, -0.2) is 0 Å². The maximum Gasteiger partial charge on any atom is 0.159 e. The van der Waals surface area contributed by atoms with Gasteiger partial charge in [0.1, 0.15) is 5.60 Å². The zero-order chi connectivity index (χ0) is 12.5. The van der Waals surface area contributed by atoms with Crippen LogP contribution in [0, 0.1) is 0 Å². The highest BCUT2D eigenvalue weighted by Crippen LogP contribution is 2.31. The summed E-state index contributed by atoms with van der Waals surface area (Å²) in [6.07, 6.45) is 1.75. The highest BCUT2D eigenvalue weighted by atomic mass is 16.3. The third-order valence-electron chi connectivity index (χ3n) is 3.47. The molecular weight excluding hydrogens is 214 g/mol. The molecule has 3 nitrogen and oxygen atoms in total. The average molecular weight is 233 g/mol. The fourth-order valence-corrected chi connectivity index (χ4v) is 2.51. The predicted molar refractivity (Wildman–Crippen MR) is 67.1 cm³/mol. The first kappa shape index (κ1) is 12.3. The van der Waals surface area contributed by atoms with Crippen LogP contribution in [0.3, 0.4) is 0 Å². The molecule has 92 valence electrons. The Bertz CT molecular complexity index is 430. The molecule has 0 radical (unpaired) electrons. The summed E-state index contributed by atoms with van der Waals surface area (Å²) in [5.41, 5.74) is 0.722. The van der Waals surface area contributed by atoms with Crippen LogP contribution in [-0.2, 0) is 5.60 Å². The molecule has 0 amide bonds. The first-order valence-corrected chi connectivity index (χ1v) is 6.04. The number of rotatable bonds is 2. The van der Waals surface area contributed by atoms with Crippen LogP contribution in [0.15, 0.2) is 24.3 Å². The van der Waals surface area contributed by atoms with E-state index in [1.54, 1.807) is 13.0 Å². The highest BCUT2D eigenvalue weighted by Gasteiger charge is 2.33. The fraction of sp³-hybridized carbons (Fsp3) is 0.500. The summed E-state index contributed by atoms with van der Waals surface area (Å²) in [6, 6.07) is 7.37. The molecule has 0 aliphatic carbocycles. The Morgan fingerprint density at radius 2 is 2.24 bits per heavy atom. The van der Waals surface area contributed by atoms with E-state index < -0.39 is 5.60 Å². The van der Waals surface area contributed by atoms with Gasteiger partial charge in [-0.2, -0.15) is 0 Å². The molecule has 2 rings (SSSR count). The number of likely N-dealkylation sites (tertiary alicyclic amines) is 1. The van der Waals surface area contributed by atoms with E-state index in [4.69, 9.17) is 0 Å². The van der Waals surface area contributed by atoms with Crippen LogP contribution < -0.4 is 0 Å². The van der Waals surface area contributed by atoms with Crippen molar-refractivity contribution in [3.05, 3.63) is 35.4 Å². The lowest BCUT2D eigenvalue weighted by Crippen LogP contribution is -2.44. The fourth-order valence-electron chi connectivity index (χ4n) is 2.51. The number of ketones is 1. The van der Waals surface area contributed by atoms with Gasteiger partial charge < -0.3 is 10.0 Å². The van der Waals surface area contributed by atoms with Crippen LogP contribution in [0.2, 0.25) is 0 Å². The van der Waals surface area contributed by atoms with Crippen molar-refractivity contribution in [3.8, 4) is 0 Å². The van der Waals surface area contributed by atoms with Crippen molar-refractivity contribution in [3.63, 3.8) is 0 Å². The van der Waals surface area contributed by atoms with E-state index in [9.17, 15) is 9.90 Å². The van der Waals surface area contributed by atoms with Gasteiger partial charge in [0.05, 0.1) is 0 Å². The van der Waals surface area contributed by atoms with Crippen molar-refractivity contribution >= 4 is 5.78 Å². The Morgan fingerprint density at radius 1 is 1.47 bits per heavy atom. The minimum atomic E-state index is -0.807. The highest BCUT2D eigenvalue weighted by molar-refractivity contribution is 5.94. The van der Waals surface area contributed by atoms with Gasteiger partial charge in [0, 0.05) is 12.1 Å². The summed E-state index contributed by atoms with van der Waals surface area (Å²) in [5, 5.41) is 10.7. The largest absolute Gasteiger partial charge is 0.384 e. The van der Waals surface area contributed by atoms with Crippen LogP contribution >= 0.6 is 0 Å². The number of aliphatic hydroxyl groups is 1. The summed E-state index contributed by atoms with van der Waals surface area (Å²) in [6.45, 7) is 3.21. The maximum atomic E-state index is 11.4. The van der Waals surface area contributed by atoms with Gasteiger partial charge in [0.25, 0.3) is 0 Å². The number of piperidine rings is 1. The van der Waals surface area contributed by atoms with Crippen molar-refractivity contribution in [1.29, 1.82) is 0 Å². The van der Waals surface area contributed by atoms with Crippen molar-refractivity contribution in [2.24, 2.45) is 0 Å². The van der Waals surface area contributed by atoms with Crippen LogP contribution in [0.25, 0.3) is 0 Å². The Balaban J connectivity index is 2.32. The number of Topliss-reactive ketones (excluding diaryl/α,β-unsaturated/α-hetero) is 1. The minimum absolute atomic E-state index is 0.0413. The van der Waals surface area contributed by atoms with Crippen LogP contribution in [0.4, 0.5) is 0 Å². The number of likely N-dealkylation sites (N-methyl/N-ethyl adjacent to an activating group) is 1. The van der Waals surface area contributed by atoms with Crippen molar-refractivity contribution < 1.29 is 9.90 Å². The Morgan fingerprint density at radius 3 is 2.88 bits per heavy atom. The van der Waals surface area contributed by atoms with Gasteiger partial charge in [0.15, 0.2) is 5.78 Å². The number of benzene rings is 1. The van der Waals surface area contributed by atoms with Gasteiger partial charge in [-0.3, -0.25) is 4.79 Å². The third-order valence-corrected chi connectivity index (χ3v) is 3.47. The molecule has 1 saturated heterocycles. The molecule has 1 aromatic rings. The van der Waals surface area contributed by atoms with Crippen LogP contribution in [-0.4, -0.2) is 35.9 Å². The lowest BCUT2D eigenvalue weighted by Gasteiger charge is -2.37. The molecule has 1 unspecified atom stereocenters. The van der Waals surface area contributed by atoms with E-state index in [1.807, 2.05) is 25.2 Å². The van der Waals surface area contributed by atoms with Crippen LogP contribution in [0.1, 0.15) is 35.7 Å². The predicted octanol–water partition coefficient (Wildman–Crippen LogP) is 1.80. The van der Waals surface area contributed by atoms with Crippen LogP contribution in [0.5, 0.6) is 0 Å². The first-order valence-electron chi connectivity index (χ1n) is 6.04. The third kappa shape index (κ3) is 2.56. The second-order valence-corrected chi connectivity index (χ2v) is 5.01. The second-order valence-electron chi connectivity index (χ2n) is 5.01. The van der Waals surface area contributed by atoms with Gasteiger partial charge in [0.2, 0.25) is 0 Å². The van der Waals surface area contributed by atoms with E-state index in [2.05, 4.69) is 4.90 Å². The number of hydrogen-bond acceptors (Lipinski definition) is 3. The van der Waals surface area contributed by atoms with Gasteiger partial charge >= 0.3 is 0 Å². The Labute approximate surface area is 102 Å². The molecule has 1 heterocycles. The molecular formula is C14H19NO2. The second kappa shape index (κ2) is 4.59. The lowest BCUT2D eigenvalue weighted by molar-refractivity contribution is -0.0278. The van der Waals surface area contributed by atoms with E-state index in [1.165, 1.54) is 0 Å². The summed E-state index contributed by atoms with van der Waals surface area (Å²) in [7, 11) is 2.01. The standard InChI is InChI=1S/C14H19NO2/c1-11(16)12-5-3-6-13(9-12)14(17)7-4-8-15(2)10-14/h3,5-6,9,17H,4,7-8,10H2,1-2H3. The molecule has 1 aromatic carbocycles. The van der Waals surface area contributed by atoms with E-state index >= 15 is 0 Å². The van der Waals surface area contributed by atoms with E-state index in [-0.39, 0.29) is 5.78 Å². The molecule has 17 heavy (non-hydrogen) atoms. The molecule has 1 aliphatic rings. The molecule has 0 aromatic heterocycles. The van der Waals surface area contributed by atoms with Gasteiger partial charge in [-0.05, 0) is 45.0 Å². The molecule has 1 aliphatic heterocycles. The van der Waals surface area contributed by atoms with E-state index in [0.717, 1.165) is 24.9 Å². The molecule has 1 N–H and O–H groups in total. The number of hydrogen-bond donors (Lipinski definition) is 1. The summed E-state index contributed by atoms with van der Waals surface area (Å²) < 4.78 is 0. The number of β-amino-alcohol motifs (C(OH)–C–C–N with tert-alkyl or cyclic N) is 1. The summed E-state index contributed by atoms with van der Waals surface area (Å²) >= 11 is 0. The van der Waals surface area contributed by atoms with Crippen molar-refractivity contribution in [2.45, 2.75) is 25.4 Å². The minimum Gasteiger partial charge on any atom is -0.384 e. The van der Waals surface area contributed by atoms with Gasteiger partial charge in [-0.1, -0.05) is 18.2 Å². The smallest absolute Gasteiger partial charge is 0.159 e. The molecule has 1 atom stereocenters. The monoisotopic (exact) mass is 233 g/mol. The summed E-state index contributed by atoms with van der Waals surface area (Å²) in [5.74, 6) is 0.0413. The lowest BCUT2D eigenvalue weighted by atomic mass is 9.85. The maximum absolute atomic E-state index is 11.4. The molecule has 0 spiro atoms. The summed E-state index contributed by atoms with van der Waals surface area (Å²) in [4.78, 5) is 13.5. The SMILES string of the molecule is CC(=O)c1cccc(C2(O)CCCN(C)C2)c1. The topological polar surface area (TPSA) is 40.5 Å². The quantitative estimate of drug-likeness (QED) is 0.792. The van der Waals surface area contributed by atoms with Crippen molar-refractivity contribution in [1.82, 2.24) is 4.90 Å². The number of carbonyl (C=O) groups excluding carboxylic acids is 1. The zero-order valence-electron chi connectivity index (χ0n) is 10.4. The number of nitrogens with zero attached hydrogens (tertiary/aromatic N) is 1. The Hall–Kier alpha value is -1.19. The van der Waals surface area contributed by atoms with E-state index in [0.29, 0.717) is 12.1 Å². The molecule has 3 heteroatoms. The molecule has 0 bridgehead atoms. The first-order chi connectivity index (χ1) is 8.01. The molecule has 1 fully saturated rings. The molecule has 0 saturated carbocycles. The zero-order valence-corrected chi connectivity index (χ0v) is 10.4. The van der Waals surface area contributed by atoms with Crippen molar-refractivity contribution in [2.75, 3.05) is 20.1 Å². The average Bonchev–Trinajstić information content (AvgIpc) is 2.29. The Kier molecular flexibility index (Phi) is 3.31. The number of carbonyl (C=O) groups is 1.